The van der Waals surface area contributed by atoms with Crippen molar-refractivity contribution >= 4 is 18.4 Å². The van der Waals surface area contributed by atoms with E-state index in [1.165, 1.54) is 4.68 Å². The molecule has 174 valence electrons. The fourth-order valence-corrected chi connectivity index (χ4v) is 3.49. The number of aromatic amines is 1. The zero-order valence-electron chi connectivity index (χ0n) is 19.0. The van der Waals surface area contributed by atoms with Crippen molar-refractivity contribution in [3.63, 3.8) is 0 Å². The van der Waals surface area contributed by atoms with E-state index in [1.807, 2.05) is 54.6 Å². The molecule has 0 atom stereocenters. The number of H-pyrrole nitrogens is 1. The van der Waals surface area contributed by atoms with Gasteiger partial charge in [-0.3, -0.25) is 0 Å². The molecule has 0 saturated heterocycles. The van der Waals surface area contributed by atoms with Gasteiger partial charge in [0.15, 0.2) is 17.3 Å². The highest BCUT2D eigenvalue weighted by atomic mass is 32.1. The number of aromatic nitrogens is 3. The molecule has 0 radical (unpaired) electrons. The number of benzene rings is 3. The summed E-state index contributed by atoms with van der Waals surface area (Å²) in [5.41, 5.74) is 2.69. The van der Waals surface area contributed by atoms with Crippen molar-refractivity contribution in [1.29, 1.82) is 0 Å². The van der Waals surface area contributed by atoms with Crippen molar-refractivity contribution in [2.75, 3.05) is 21.3 Å². The van der Waals surface area contributed by atoms with Crippen LogP contribution in [0.5, 0.6) is 23.0 Å². The molecule has 34 heavy (non-hydrogen) atoms. The number of nitrogens with one attached hydrogen (secondary N) is 1. The fourth-order valence-electron chi connectivity index (χ4n) is 3.31. The van der Waals surface area contributed by atoms with Gasteiger partial charge in [0, 0.05) is 5.56 Å². The Labute approximate surface area is 202 Å². The Morgan fingerprint density at radius 1 is 0.941 bits per heavy atom. The van der Waals surface area contributed by atoms with Crippen LogP contribution < -0.4 is 18.9 Å². The molecule has 0 aliphatic rings. The summed E-state index contributed by atoms with van der Waals surface area (Å²) in [5, 5.41) is 11.6. The molecule has 4 aromatic rings. The number of methoxy groups -OCH3 is 3. The minimum Gasteiger partial charge on any atom is -0.493 e. The van der Waals surface area contributed by atoms with Crippen molar-refractivity contribution in [2.45, 2.75) is 6.61 Å². The summed E-state index contributed by atoms with van der Waals surface area (Å²) >= 11 is 5.38. The van der Waals surface area contributed by atoms with Crippen LogP contribution in [-0.2, 0) is 6.61 Å². The van der Waals surface area contributed by atoms with Crippen molar-refractivity contribution in [2.24, 2.45) is 5.10 Å². The number of ether oxygens (including phenoxy) is 4. The molecule has 4 rings (SSSR count). The molecule has 0 amide bonds. The summed E-state index contributed by atoms with van der Waals surface area (Å²) in [5.74, 6) is 2.79. The van der Waals surface area contributed by atoms with Crippen molar-refractivity contribution in [1.82, 2.24) is 14.9 Å². The minimum atomic E-state index is 0.350. The van der Waals surface area contributed by atoms with Crippen LogP contribution in [-0.4, -0.2) is 42.4 Å². The Bertz CT molecular complexity index is 1310. The first-order chi connectivity index (χ1) is 16.6. The summed E-state index contributed by atoms with van der Waals surface area (Å²) in [6.07, 6.45) is 1.70. The molecule has 9 heteroatoms. The summed E-state index contributed by atoms with van der Waals surface area (Å²) in [6, 6.07) is 21.3. The Balaban J connectivity index is 1.55. The second-order valence-electron chi connectivity index (χ2n) is 7.17. The van der Waals surface area contributed by atoms with E-state index in [1.54, 1.807) is 39.7 Å². The molecule has 0 fully saturated rings. The first-order valence-corrected chi connectivity index (χ1v) is 10.8. The van der Waals surface area contributed by atoms with Gasteiger partial charge in [-0.05, 0) is 59.7 Å². The van der Waals surface area contributed by atoms with Gasteiger partial charge in [0.25, 0.3) is 0 Å². The minimum absolute atomic E-state index is 0.350. The predicted octanol–water partition coefficient (Wildman–Crippen LogP) is 5.09. The molecule has 1 N–H and O–H groups in total. The SMILES string of the molecule is COc1cc(-c2n[nH]c(=S)n2/N=C/c2ccc(OCc3ccccc3)cc2)cc(OC)c1OC. The van der Waals surface area contributed by atoms with Gasteiger partial charge in [-0.1, -0.05) is 30.3 Å². The summed E-state index contributed by atoms with van der Waals surface area (Å²) in [6.45, 7) is 0.511. The van der Waals surface area contributed by atoms with Gasteiger partial charge in [0.2, 0.25) is 10.5 Å². The Morgan fingerprint density at radius 3 is 2.24 bits per heavy atom. The predicted molar refractivity (Wildman–Crippen MR) is 133 cm³/mol. The monoisotopic (exact) mass is 476 g/mol. The largest absolute Gasteiger partial charge is 0.493 e. The van der Waals surface area contributed by atoms with Gasteiger partial charge in [-0.2, -0.15) is 14.9 Å². The normalized spacial score (nSPS) is 10.9. The third kappa shape index (κ3) is 5.10. The van der Waals surface area contributed by atoms with Crippen LogP contribution in [0.1, 0.15) is 11.1 Å². The van der Waals surface area contributed by atoms with E-state index < -0.39 is 0 Å². The van der Waals surface area contributed by atoms with Crippen LogP contribution in [0.4, 0.5) is 0 Å². The molecule has 8 nitrogen and oxygen atoms in total. The van der Waals surface area contributed by atoms with Gasteiger partial charge >= 0.3 is 0 Å². The average molecular weight is 477 g/mol. The van der Waals surface area contributed by atoms with Crippen molar-refractivity contribution in [3.05, 3.63) is 82.6 Å². The topological polar surface area (TPSA) is 82.9 Å². The maximum absolute atomic E-state index is 5.84. The van der Waals surface area contributed by atoms with Crippen LogP contribution in [0.3, 0.4) is 0 Å². The van der Waals surface area contributed by atoms with Gasteiger partial charge in [-0.25, -0.2) is 5.10 Å². The average Bonchev–Trinajstić information content (AvgIpc) is 3.26. The van der Waals surface area contributed by atoms with Crippen LogP contribution in [0, 0.1) is 4.77 Å². The maximum Gasteiger partial charge on any atom is 0.216 e. The molecule has 3 aromatic carbocycles. The first-order valence-electron chi connectivity index (χ1n) is 10.4. The molecule has 0 bridgehead atoms. The molecule has 0 aliphatic heterocycles. The lowest BCUT2D eigenvalue weighted by atomic mass is 10.1. The first kappa shape index (κ1) is 23.1. The highest BCUT2D eigenvalue weighted by Crippen LogP contribution is 2.40. The van der Waals surface area contributed by atoms with E-state index in [0.717, 1.165) is 16.9 Å². The third-order valence-electron chi connectivity index (χ3n) is 5.02. The molecule has 0 unspecified atom stereocenters. The Kier molecular flexibility index (Phi) is 7.24. The molecule has 0 spiro atoms. The second kappa shape index (κ2) is 10.7. The van der Waals surface area contributed by atoms with E-state index >= 15 is 0 Å². The van der Waals surface area contributed by atoms with Gasteiger partial charge in [-0.15, -0.1) is 0 Å². The second-order valence-corrected chi connectivity index (χ2v) is 7.55. The van der Waals surface area contributed by atoms with E-state index in [9.17, 15) is 0 Å². The molecule has 1 heterocycles. The standard InChI is InChI=1S/C25H24N4O4S/c1-30-21-13-19(14-22(31-2)23(21)32-3)24-27-28-25(34)29(24)26-15-17-9-11-20(12-10-17)33-16-18-7-5-4-6-8-18/h4-15H,16H2,1-3H3,(H,28,34)/b26-15+. The fraction of sp³-hybridized carbons (Fsp3) is 0.160. The lowest BCUT2D eigenvalue weighted by Crippen LogP contribution is -1.99. The van der Waals surface area contributed by atoms with E-state index in [-0.39, 0.29) is 0 Å². The quantitative estimate of drug-likeness (QED) is 0.268. The molecule has 0 aliphatic carbocycles. The number of hydrogen-bond acceptors (Lipinski definition) is 7. The highest BCUT2D eigenvalue weighted by molar-refractivity contribution is 7.71. The number of hydrogen-bond donors (Lipinski definition) is 1. The Morgan fingerprint density at radius 2 is 1.62 bits per heavy atom. The Hall–Kier alpha value is -4.11. The summed E-state index contributed by atoms with van der Waals surface area (Å²) in [4.78, 5) is 0. The molecular formula is C25H24N4O4S. The highest BCUT2D eigenvalue weighted by Gasteiger charge is 2.17. The lowest BCUT2D eigenvalue weighted by Gasteiger charge is -2.13. The molecule has 1 aromatic heterocycles. The van der Waals surface area contributed by atoms with E-state index in [0.29, 0.717) is 40.0 Å². The van der Waals surface area contributed by atoms with Crippen LogP contribution in [0.15, 0.2) is 71.8 Å². The van der Waals surface area contributed by atoms with Crippen LogP contribution in [0.2, 0.25) is 0 Å². The van der Waals surface area contributed by atoms with Crippen molar-refractivity contribution < 1.29 is 18.9 Å². The summed E-state index contributed by atoms with van der Waals surface area (Å²) < 4.78 is 24.0. The van der Waals surface area contributed by atoms with Gasteiger partial charge < -0.3 is 18.9 Å². The van der Waals surface area contributed by atoms with Gasteiger partial charge in [0.1, 0.15) is 12.4 Å². The maximum atomic E-state index is 5.84. The van der Waals surface area contributed by atoms with Crippen LogP contribution in [0.25, 0.3) is 11.4 Å². The van der Waals surface area contributed by atoms with Crippen molar-refractivity contribution in [3.8, 4) is 34.4 Å². The van der Waals surface area contributed by atoms with E-state index in [4.69, 9.17) is 31.2 Å². The lowest BCUT2D eigenvalue weighted by molar-refractivity contribution is 0.306. The molecule has 0 saturated carbocycles. The zero-order valence-corrected chi connectivity index (χ0v) is 19.8. The summed E-state index contributed by atoms with van der Waals surface area (Å²) in [7, 11) is 4.67. The third-order valence-corrected chi connectivity index (χ3v) is 5.29. The molecular weight excluding hydrogens is 452 g/mol. The number of rotatable bonds is 9. The zero-order chi connectivity index (χ0) is 23.9. The van der Waals surface area contributed by atoms with Crippen LogP contribution >= 0.6 is 12.2 Å². The smallest absolute Gasteiger partial charge is 0.216 e. The van der Waals surface area contributed by atoms with Gasteiger partial charge in [0.05, 0.1) is 27.5 Å². The van der Waals surface area contributed by atoms with E-state index in [2.05, 4.69) is 15.3 Å². The number of nitrogens with zero attached hydrogens (tertiary/aromatic N) is 3.